The predicted molar refractivity (Wildman–Crippen MR) is 97.8 cm³/mol. The van der Waals surface area contributed by atoms with Crippen LogP contribution in [0.1, 0.15) is 11.5 Å². The van der Waals surface area contributed by atoms with Crippen LogP contribution in [0.2, 0.25) is 0 Å². The Morgan fingerprint density at radius 3 is 2.36 bits per heavy atom. The molecule has 1 N–H and O–H groups in total. The number of benzene rings is 1. The second-order valence-electron chi connectivity index (χ2n) is 6.63. The molecular weight excluding hydrogens is 312 g/mol. The minimum absolute atomic E-state index is 0.927. The van der Waals surface area contributed by atoms with E-state index in [1.807, 2.05) is 36.8 Å². The van der Waals surface area contributed by atoms with Crippen molar-refractivity contribution in [3.8, 4) is 11.4 Å². The van der Waals surface area contributed by atoms with Crippen LogP contribution >= 0.6 is 0 Å². The summed E-state index contributed by atoms with van der Waals surface area (Å²) >= 11 is 0. The number of aromatic nitrogens is 4. The molecule has 1 aliphatic rings. The highest BCUT2D eigenvalue weighted by atomic mass is 15.3. The summed E-state index contributed by atoms with van der Waals surface area (Å²) < 4.78 is 2.10. The van der Waals surface area contributed by atoms with Crippen molar-refractivity contribution in [1.82, 2.24) is 29.3 Å². The molecule has 1 aromatic carbocycles. The molecule has 130 valence electrons. The van der Waals surface area contributed by atoms with Gasteiger partial charge >= 0.3 is 0 Å². The lowest BCUT2D eigenvalue weighted by Gasteiger charge is -2.34. The standard InChI is InChI=1S/C19H24N6/c1-23-8-7-20-18(23)15-25-11-9-24(10-12-25)14-17-13-21-19(22-17)16-5-3-2-4-6-16/h2-8,13H,9-12,14-15H2,1H3,(H,21,22). The second kappa shape index (κ2) is 7.21. The Morgan fingerprint density at radius 2 is 1.68 bits per heavy atom. The number of aryl methyl sites for hydroxylation is 1. The minimum Gasteiger partial charge on any atom is -0.341 e. The van der Waals surface area contributed by atoms with E-state index >= 15 is 0 Å². The van der Waals surface area contributed by atoms with Crippen molar-refractivity contribution in [2.45, 2.75) is 13.1 Å². The number of hydrogen-bond donors (Lipinski definition) is 1. The Balaban J connectivity index is 1.30. The Kier molecular flexibility index (Phi) is 4.63. The van der Waals surface area contributed by atoms with Crippen molar-refractivity contribution >= 4 is 0 Å². The van der Waals surface area contributed by atoms with Gasteiger partial charge in [0.15, 0.2) is 0 Å². The van der Waals surface area contributed by atoms with Crippen LogP contribution < -0.4 is 0 Å². The molecule has 4 rings (SSSR count). The van der Waals surface area contributed by atoms with Gasteiger partial charge in [-0.25, -0.2) is 9.97 Å². The third-order valence-electron chi connectivity index (χ3n) is 4.82. The number of hydrogen-bond acceptors (Lipinski definition) is 4. The van der Waals surface area contributed by atoms with Gasteiger partial charge in [0.1, 0.15) is 11.6 Å². The van der Waals surface area contributed by atoms with Gasteiger partial charge in [0, 0.05) is 69.6 Å². The Bertz CT molecular complexity index is 798. The van der Waals surface area contributed by atoms with Gasteiger partial charge in [0.25, 0.3) is 0 Å². The molecule has 2 aromatic heterocycles. The van der Waals surface area contributed by atoms with E-state index < -0.39 is 0 Å². The highest BCUT2D eigenvalue weighted by Crippen LogP contribution is 2.16. The Morgan fingerprint density at radius 1 is 0.960 bits per heavy atom. The maximum Gasteiger partial charge on any atom is 0.137 e. The first-order valence-electron chi connectivity index (χ1n) is 8.78. The van der Waals surface area contributed by atoms with Crippen LogP contribution in [0.25, 0.3) is 11.4 Å². The maximum absolute atomic E-state index is 4.52. The van der Waals surface area contributed by atoms with Crippen LogP contribution in [-0.4, -0.2) is 55.5 Å². The van der Waals surface area contributed by atoms with Crippen LogP contribution in [0.3, 0.4) is 0 Å². The summed E-state index contributed by atoms with van der Waals surface area (Å²) in [6, 6.07) is 10.3. The lowest BCUT2D eigenvalue weighted by Crippen LogP contribution is -2.45. The van der Waals surface area contributed by atoms with Crippen molar-refractivity contribution in [2.75, 3.05) is 26.2 Å². The maximum atomic E-state index is 4.52. The van der Waals surface area contributed by atoms with Crippen LogP contribution in [-0.2, 0) is 20.1 Å². The molecular formula is C19H24N6. The van der Waals surface area contributed by atoms with E-state index in [2.05, 4.69) is 48.5 Å². The van der Waals surface area contributed by atoms with Gasteiger partial charge in [-0.2, -0.15) is 0 Å². The summed E-state index contributed by atoms with van der Waals surface area (Å²) in [6.45, 7) is 6.16. The number of H-pyrrole nitrogens is 1. The molecule has 25 heavy (non-hydrogen) atoms. The zero-order chi connectivity index (χ0) is 17.1. The molecule has 1 saturated heterocycles. The predicted octanol–water partition coefficient (Wildman–Crippen LogP) is 2.13. The SMILES string of the molecule is Cn1ccnc1CN1CCN(Cc2cnc(-c3ccccc3)[nH]2)CC1. The fourth-order valence-electron chi connectivity index (χ4n) is 3.28. The summed E-state index contributed by atoms with van der Waals surface area (Å²) in [5.41, 5.74) is 2.31. The number of nitrogens with one attached hydrogen (secondary N) is 1. The summed E-state index contributed by atoms with van der Waals surface area (Å²) in [5, 5.41) is 0. The molecule has 0 unspecified atom stereocenters. The number of aromatic amines is 1. The van der Waals surface area contributed by atoms with Gasteiger partial charge < -0.3 is 9.55 Å². The quantitative estimate of drug-likeness (QED) is 0.775. The Labute approximate surface area is 148 Å². The van der Waals surface area contributed by atoms with E-state index in [4.69, 9.17) is 0 Å². The van der Waals surface area contributed by atoms with E-state index in [1.54, 1.807) is 0 Å². The third-order valence-corrected chi connectivity index (χ3v) is 4.82. The lowest BCUT2D eigenvalue weighted by atomic mass is 10.2. The molecule has 1 aliphatic heterocycles. The van der Waals surface area contributed by atoms with Crippen molar-refractivity contribution in [2.24, 2.45) is 7.05 Å². The first-order chi connectivity index (χ1) is 12.3. The summed E-state index contributed by atoms with van der Waals surface area (Å²) in [4.78, 5) is 17.4. The summed E-state index contributed by atoms with van der Waals surface area (Å²) in [5.74, 6) is 2.08. The molecule has 6 nitrogen and oxygen atoms in total. The van der Waals surface area contributed by atoms with E-state index in [0.717, 1.165) is 56.5 Å². The van der Waals surface area contributed by atoms with Gasteiger partial charge in [-0.05, 0) is 0 Å². The van der Waals surface area contributed by atoms with Crippen molar-refractivity contribution < 1.29 is 0 Å². The second-order valence-corrected chi connectivity index (χ2v) is 6.63. The van der Waals surface area contributed by atoms with E-state index in [0.29, 0.717) is 0 Å². The fourth-order valence-corrected chi connectivity index (χ4v) is 3.28. The first kappa shape index (κ1) is 16.1. The van der Waals surface area contributed by atoms with Gasteiger partial charge in [-0.1, -0.05) is 30.3 Å². The largest absolute Gasteiger partial charge is 0.341 e. The molecule has 0 saturated carbocycles. The molecule has 0 atom stereocenters. The molecule has 3 aromatic rings. The third kappa shape index (κ3) is 3.81. The molecule has 0 spiro atoms. The van der Waals surface area contributed by atoms with Crippen LogP contribution in [0.5, 0.6) is 0 Å². The highest BCUT2D eigenvalue weighted by Gasteiger charge is 2.19. The summed E-state index contributed by atoms with van der Waals surface area (Å²) in [6.07, 6.45) is 5.84. The van der Waals surface area contributed by atoms with Gasteiger partial charge in [-0.15, -0.1) is 0 Å². The zero-order valence-electron chi connectivity index (χ0n) is 14.6. The number of imidazole rings is 2. The molecule has 3 heterocycles. The minimum atomic E-state index is 0.927. The average Bonchev–Trinajstić information content (AvgIpc) is 3.27. The fraction of sp³-hybridized carbons (Fsp3) is 0.368. The number of piperazine rings is 1. The molecule has 0 bridgehead atoms. The zero-order valence-corrected chi connectivity index (χ0v) is 14.6. The molecule has 0 amide bonds. The van der Waals surface area contributed by atoms with Gasteiger partial charge in [-0.3, -0.25) is 9.80 Å². The molecule has 6 heteroatoms. The van der Waals surface area contributed by atoms with E-state index in [-0.39, 0.29) is 0 Å². The van der Waals surface area contributed by atoms with Crippen molar-refractivity contribution in [3.63, 3.8) is 0 Å². The van der Waals surface area contributed by atoms with Crippen molar-refractivity contribution in [3.05, 3.63) is 60.4 Å². The lowest BCUT2D eigenvalue weighted by molar-refractivity contribution is 0.118. The van der Waals surface area contributed by atoms with E-state index in [1.165, 1.54) is 5.69 Å². The Hall–Kier alpha value is -2.44. The topological polar surface area (TPSA) is 53.0 Å². The smallest absolute Gasteiger partial charge is 0.137 e. The van der Waals surface area contributed by atoms with Crippen molar-refractivity contribution in [1.29, 1.82) is 0 Å². The molecule has 0 radical (unpaired) electrons. The number of rotatable bonds is 5. The van der Waals surface area contributed by atoms with Gasteiger partial charge in [0.2, 0.25) is 0 Å². The monoisotopic (exact) mass is 336 g/mol. The first-order valence-corrected chi connectivity index (χ1v) is 8.78. The van der Waals surface area contributed by atoms with E-state index in [9.17, 15) is 0 Å². The molecule has 0 aliphatic carbocycles. The van der Waals surface area contributed by atoms with Gasteiger partial charge in [0.05, 0.1) is 6.54 Å². The normalized spacial score (nSPS) is 16.4. The number of nitrogens with zero attached hydrogens (tertiary/aromatic N) is 5. The summed E-state index contributed by atoms with van der Waals surface area (Å²) in [7, 11) is 2.06. The van der Waals surface area contributed by atoms with Crippen LogP contribution in [0.4, 0.5) is 0 Å². The average molecular weight is 336 g/mol. The highest BCUT2D eigenvalue weighted by molar-refractivity contribution is 5.54. The molecule has 1 fully saturated rings. The van der Waals surface area contributed by atoms with Crippen LogP contribution in [0, 0.1) is 0 Å². The van der Waals surface area contributed by atoms with Crippen LogP contribution in [0.15, 0.2) is 48.9 Å².